The summed E-state index contributed by atoms with van der Waals surface area (Å²) in [5.74, 6) is -2.82. The van der Waals surface area contributed by atoms with Crippen molar-refractivity contribution in [3.05, 3.63) is 64.2 Å². The number of amides is 5. The van der Waals surface area contributed by atoms with Crippen LogP contribution in [0.25, 0.3) is 0 Å². The number of nitrogens with zero attached hydrogens (tertiary/aromatic N) is 2. The van der Waals surface area contributed by atoms with E-state index in [2.05, 4.69) is 10.6 Å². The van der Waals surface area contributed by atoms with Crippen LogP contribution >= 0.6 is 0 Å². The summed E-state index contributed by atoms with van der Waals surface area (Å²) < 4.78 is 34.3. The predicted molar refractivity (Wildman–Crippen MR) is 136 cm³/mol. The smallest absolute Gasteiger partial charge is 0.418 e. The van der Waals surface area contributed by atoms with Gasteiger partial charge in [-0.05, 0) is 73.1 Å². The van der Waals surface area contributed by atoms with Crippen molar-refractivity contribution < 1.29 is 37.8 Å². The van der Waals surface area contributed by atoms with E-state index in [1.54, 1.807) is 6.07 Å². The lowest BCUT2D eigenvalue weighted by Gasteiger charge is -2.39. The van der Waals surface area contributed by atoms with Crippen molar-refractivity contribution in [3.8, 4) is 0 Å². The second kappa shape index (κ2) is 9.26. The maximum atomic E-state index is 14.9. The normalized spacial score (nSPS) is 25.4. The third-order valence-corrected chi connectivity index (χ3v) is 8.47. The molecule has 1 spiro atoms. The van der Waals surface area contributed by atoms with Crippen LogP contribution in [0.15, 0.2) is 30.3 Å². The molecule has 1 saturated heterocycles. The van der Waals surface area contributed by atoms with E-state index in [9.17, 15) is 33.1 Å². The molecular formula is C28H28F2N4O6. The number of rotatable bonds is 4. The SMILES string of the molecule is CNC(=O)Nc1cc2c(cc1F)[C@@]1(CC2)OC(=O)N(CC(=O)N2Cc3ccc(F)cc3CC[C@@]2(O)C2CC2)C1=O. The summed E-state index contributed by atoms with van der Waals surface area (Å²) in [6.07, 6.45) is 1.30. The molecule has 2 fully saturated rings. The molecule has 0 unspecified atom stereocenters. The molecule has 2 aromatic carbocycles. The maximum Gasteiger partial charge on any atom is 0.418 e. The Labute approximate surface area is 228 Å². The zero-order valence-corrected chi connectivity index (χ0v) is 21.8. The van der Waals surface area contributed by atoms with Gasteiger partial charge in [-0.25, -0.2) is 23.3 Å². The number of imide groups is 1. The molecule has 3 N–H and O–H groups in total. The number of carbonyl (C=O) groups is 4. The van der Waals surface area contributed by atoms with Gasteiger partial charge in [-0.2, -0.15) is 0 Å². The van der Waals surface area contributed by atoms with Gasteiger partial charge < -0.3 is 25.4 Å². The Bertz CT molecular complexity index is 1460. The van der Waals surface area contributed by atoms with E-state index in [0.717, 1.165) is 18.9 Å². The third kappa shape index (κ3) is 4.09. The Hall–Kier alpha value is -4.06. The van der Waals surface area contributed by atoms with Gasteiger partial charge in [0, 0.05) is 31.5 Å². The molecule has 12 heteroatoms. The van der Waals surface area contributed by atoms with Gasteiger partial charge in [-0.15, -0.1) is 0 Å². The molecule has 2 heterocycles. The van der Waals surface area contributed by atoms with Crippen LogP contribution in [0.5, 0.6) is 0 Å². The summed E-state index contributed by atoms with van der Waals surface area (Å²) in [5, 5.41) is 16.4. The van der Waals surface area contributed by atoms with Gasteiger partial charge in [0.2, 0.25) is 11.5 Å². The second-order valence-electron chi connectivity index (χ2n) is 10.8. The topological polar surface area (TPSA) is 128 Å². The molecule has 1 saturated carbocycles. The molecule has 4 aliphatic rings. The van der Waals surface area contributed by atoms with Crippen molar-refractivity contribution in [3.63, 3.8) is 0 Å². The van der Waals surface area contributed by atoms with Crippen LogP contribution in [0.1, 0.15) is 47.9 Å². The summed E-state index contributed by atoms with van der Waals surface area (Å²) in [4.78, 5) is 54.0. The minimum atomic E-state index is -1.78. The summed E-state index contributed by atoms with van der Waals surface area (Å²) in [6.45, 7) is -0.669. The third-order valence-electron chi connectivity index (χ3n) is 8.47. The van der Waals surface area contributed by atoms with Crippen LogP contribution in [-0.2, 0) is 39.3 Å². The zero-order valence-electron chi connectivity index (χ0n) is 21.8. The average Bonchev–Trinajstić information content (AvgIpc) is 3.71. The predicted octanol–water partition coefficient (Wildman–Crippen LogP) is 2.91. The number of hydrogen-bond acceptors (Lipinski definition) is 6. The Kier molecular flexibility index (Phi) is 6.06. The largest absolute Gasteiger partial charge is 0.427 e. The number of nitrogens with one attached hydrogen (secondary N) is 2. The lowest BCUT2D eigenvalue weighted by Crippen LogP contribution is -2.55. The molecule has 0 aromatic heterocycles. The Balaban J connectivity index is 1.27. The number of halogens is 2. The standard InChI is InChI=1S/C28H28F2N4O6/c1-31-25(37)32-22-11-16-6-8-27(20(16)12-21(22)30)24(36)33(26(38)40-27)14-23(35)34-13-17-2-5-19(29)10-15(17)7-9-28(34,39)18-3-4-18/h2,5,10-12,18,39H,3-4,6-9,13-14H2,1H3,(H2,31,32,37)/t27-,28-/m1/s1. The van der Waals surface area contributed by atoms with Crippen LogP contribution < -0.4 is 10.6 Å². The molecule has 0 radical (unpaired) electrons. The number of carbonyl (C=O) groups excluding carboxylic acids is 4. The van der Waals surface area contributed by atoms with Gasteiger partial charge in [0.1, 0.15) is 23.9 Å². The number of hydrogen-bond donors (Lipinski definition) is 3. The minimum Gasteiger partial charge on any atom is -0.427 e. The molecule has 40 heavy (non-hydrogen) atoms. The highest BCUT2D eigenvalue weighted by Crippen LogP contribution is 2.48. The van der Waals surface area contributed by atoms with Gasteiger partial charge in [-0.3, -0.25) is 9.59 Å². The van der Waals surface area contributed by atoms with E-state index in [4.69, 9.17) is 4.74 Å². The van der Waals surface area contributed by atoms with Crippen LogP contribution in [0, 0.1) is 17.6 Å². The minimum absolute atomic E-state index is 0.00116. The lowest BCUT2D eigenvalue weighted by molar-refractivity contribution is -0.170. The molecule has 5 amide bonds. The van der Waals surface area contributed by atoms with Crippen LogP contribution in [0.2, 0.25) is 0 Å². The van der Waals surface area contributed by atoms with Gasteiger partial charge in [0.25, 0.3) is 5.91 Å². The summed E-state index contributed by atoms with van der Waals surface area (Å²) in [5.41, 5.74) is -1.30. The Morgan fingerprint density at radius 1 is 1.07 bits per heavy atom. The highest BCUT2D eigenvalue weighted by molar-refractivity contribution is 6.06. The highest BCUT2D eigenvalue weighted by atomic mass is 19.1. The van der Waals surface area contributed by atoms with Crippen LogP contribution in [0.3, 0.4) is 0 Å². The van der Waals surface area contributed by atoms with E-state index in [-0.39, 0.29) is 43.0 Å². The van der Waals surface area contributed by atoms with Crippen LogP contribution in [0.4, 0.5) is 24.1 Å². The van der Waals surface area contributed by atoms with Gasteiger partial charge in [0.05, 0.1) is 5.69 Å². The Morgan fingerprint density at radius 3 is 2.55 bits per heavy atom. The first-order valence-electron chi connectivity index (χ1n) is 13.2. The van der Waals surface area contributed by atoms with Crippen molar-refractivity contribution in [1.29, 1.82) is 0 Å². The first-order chi connectivity index (χ1) is 19.1. The van der Waals surface area contributed by atoms with Gasteiger partial charge in [0.15, 0.2) is 0 Å². The van der Waals surface area contributed by atoms with Crippen molar-refractivity contribution >= 4 is 29.6 Å². The van der Waals surface area contributed by atoms with Crippen LogP contribution in [-0.4, -0.2) is 58.2 Å². The molecular weight excluding hydrogens is 526 g/mol. The molecule has 0 bridgehead atoms. The van der Waals surface area contributed by atoms with Crippen molar-refractivity contribution in [2.24, 2.45) is 5.92 Å². The molecule has 6 rings (SSSR count). The van der Waals surface area contributed by atoms with Crippen molar-refractivity contribution in [2.75, 3.05) is 18.9 Å². The van der Waals surface area contributed by atoms with Crippen molar-refractivity contribution in [2.45, 2.75) is 56.4 Å². The molecule has 2 aliphatic heterocycles. The molecule has 2 aromatic rings. The van der Waals surface area contributed by atoms with E-state index in [0.29, 0.717) is 28.0 Å². The number of fused-ring (bicyclic) bond motifs is 3. The van der Waals surface area contributed by atoms with Gasteiger partial charge >= 0.3 is 12.1 Å². The molecule has 2 atom stereocenters. The number of ether oxygens (including phenoxy) is 1. The van der Waals surface area contributed by atoms with Crippen molar-refractivity contribution in [1.82, 2.24) is 15.1 Å². The molecule has 2 aliphatic carbocycles. The number of benzene rings is 2. The monoisotopic (exact) mass is 554 g/mol. The first kappa shape index (κ1) is 26.2. The molecule has 10 nitrogen and oxygen atoms in total. The quantitative estimate of drug-likeness (QED) is 0.533. The zero-order chi connectivity index (χ0) is 28.4. The number of anilines is 1. The van der Waals surface area contributed by atoms with Gasteiger partial charge in [-0.1, -0.05) is 6.07 Å². The lowest BCUT2D eigenvalue weighted by atomic mass is 9.94. The first-order valence-corrected chi connectivity index (χ1v) is 13.2. The average molecular weight is 555 g/mol. The number of urea groups is 1. The van der Waals surface area contributed by atoms with E-state index in [1.165, 1.54) is 30.1 Å². The fourth-order valence-corrected chi connectivity index (χ4v) is 6.18. The maximum absolute atomic E-state index is 14.9. The summed E-state index contributed by atoms with van der Waals surface area (Å²) in [6, 6.07) is 6.11. The fraction of sp³-hybridized carbons (Fsp3) is 0.429. The molecule has 210 valence electrons. The fourth-order valence-electron chi connectivity index (χ4n) is 6.18. The summed E-state index contributed by atoms with van der Waals surface area (Å²) in [7, 11) is 1.39. The van der Waals surface area contributed by atoms with E-state index in [1.807, 2.05) is 0 Å². The summed E-state index contributed by atoms with van der Waals surface area (Å²) >= 11 is 0. The van der Waals surface area contributed by atoms with E-state index < -0.39 is 53.4 Å². The number of aryl methyl sites for hydroxylation is 2. The Morgan fingerprint density at radius 2 is 1.82 bits per heavy atom. The number of aliphatic hydroxyl groups is 1. The highest BCUT2D eigenvalue weighted by Gasteiger charge is 2.59. The van der Waals surface area contributed by atoms with E-state index >= 15 is 0 Å². The second-order valence-corrected chi connectivity index (χ2v) is 10.8.